The number of amides is 2. The third-order valence-electron chi connectivity index (χ3n) is 5.58. The molecule has 5 rings (SSSR count). The van der Waals surface area contributed by atoms with E-state index < -0.39 is 41.0 Å². The van der Waals surface area contributed by atoms with Gasteiger partial charge in [0.05, 0.1) is 35.3 Å². The number of fused-ring (bicyclic) bond motifs is 6. The van der Waals surface area contributed by atoms with Gasteiger partial charge in [-0.15, -0.1) is 0 Å². The molecule has 4 unspecified atom stereocenters. The number of benzene rings is 1. The first-order chi connectivity index (χ1) is 12.8. The molecule has 0 saturated carbocycles. The van der Waals surface area contributed by atoms with Crippen molar-refractivity contribution in [3.05, 3.63) is 40.2 Å². The zero-order valence-corrected chi connectivity index (χ0v) is 13.7. The number of imide groups is 1. The molecule has 27 heavy (non-hydrogen) atoms. The van der Waals surface area contributed by atoms with Crippen LogP contribution in [-0.2, 0) is 20.5 Å². The number of hydrogen-bond acceptors (Lipinski definition) is 5. The minimum absolute atomic E-state index is 0.0915. The highest BCUT2D eigenvalue weighted by Gasteiger charge is 2.62. The molecule has 2 bridgehead atoms. The molecule has 1 aromatic carbocycles. The highest BCUT2D eigenvalue weighted by molar-refractivity contribution is 6.23. The molecule has 3 saturated heterocycles. The van der Waals surface area contributed by atoms with Gasteiger partial charge in [0.2, 0.25) is 11.8 Å². The molecule has 4 atom stereocenters. The maximum Gasteiger partial charge on any atom is 0.417 e. The lowest BCUT2D eigenvalue weighted by molar-refractivity contribution is -0.136. The van der Waals surface area contributed by atoms with E-state index in [4.69, 9.17) is 9.15 Å². The highest BCUT2D eigenvalue weighted by Crippen LogP contribution is 2.49. The van der Waals surface area contributed by atoms with Gasteiger partial charge in [-0.05, 0) is 25.0 Å². The Morgan fingerprint density at radius 3 is 2.19 bits per heavy atom. The molecule has 6 nitrogen and oxygen atoms in total. The van der Waals surface area contributed by atoms with Crippen molar-refractivity contribution in [3.63, 3.8) is 0 Å². The molecule has 3 fully saturated rings. The number of nitrogens with zero attached hydrogens (tertiary/aromatic N) is 1. The second kappa shape index (κ2) is 5.19. The smallest absolute Gasteiger partial charge is 0.417 e. The van der Waals surface area contributed by atoms with Gasteiger partial charge in [0, 0.05) is 17.5 Å². The number of carbonyl (C=O) groups excluding carboxylic acids is 2. The lowest BCUT2D eigenvalue weighted by Gasteiger charge is -2.18. The fourth-order valence-corrected chi connectivity index (χ4v) is 4.49. The zero-order valence-electron chi connectivity index (χ0n) is 13.7. The molecule has 140 valence electrons. The number of halogens is 3. The Hall–Kier alpha value is -2.68. The Kier molecular flexibility index (Phi) is 3.17. The van der Waals surface area contributed by atoms with Crippen LogP contribution in [0.1, 0.15) is 18.4 Å². The maximum atomic E-state index is 13.2. The number of anilines is 1. The van der Waals surface area contributed by atoms with Gasteiger partial charge in [-0.2, -0.15) is 13.2 Å². The van der Waals surface area contributed by atoms with Gasteiger partial charge >= 0.3 is 11.8 Å². The van der Waals surface area contributed by atoms with Crippen molar-refractivity contribution in [2.45, 2.75) is 31.2 Å². The molecule has 9 heteroatoms. The number of carbonyl (C=O) groups is 2. The first-order valence-corrected chi connectivity index (χ1v) is 8.44. The molecular formula is C18H12F3NO5. The van der Waals surface area contributed by atoms with Crippen molar-refractivity contribution in [1.29, 1.82) is 0 Å². The van der Waals surface area contributed by atoms with Crippen molar-refractivity contribution in [2.75, 3.05) is 4.90 Å². The van der Waals surface area contributed by atoms with Gasteiger partial charge in [0.25, 0.3) is 0 Å². The number of hydrogen-bond donors (Lipinski definition) is 0. The van der Waals surface area contributed by atoms with E-state index >= 15 is 0 Å². The molecule has 0 aliphatic carbocycles. The Morgan fingerprint density at radius 1 is 0.963 bits per heavy atom. The highest BCUT2D eigenvalue weighted by atomic mass is 19.4. The van der Waals surface area contributed by atoms with Crippen LogP contribution in [-0.4, -0.2) is 24.0 Å². The Bertz CT molecular complexity index is 1030. The van der Waals surface area contributed by atoms with Gasteiger partial charge in [0.15, 0.2) is 0 Å². The Morgan fingerprint density at radius 2 is 1.59 bits per heavy atom. The van der Waals surface area contributed by atoms with Crippen molar-refractivity contribution in [2.24, 2.45) is 11.8 Å². The Labute approximate surface area is 149 Å². The predicted octanol–water partition coefficient (Wildman–Crippen LogP) is 2.48. The van der Waals surface area contributed by atoms with E-state index in [1.165, 1.54) is 6.07 Å². The van der Waals surface area contributed by atoms with Crippen LogP contribution in [0.25, 0.3) is 11.0 Å². The normalized spacial score (nSPS) is 29.8. The van der Waals surface area contributed by atoms with E-state index in [0.29, 0.717) is 18.9 Å². The Balaban J connectivity index is 1.61. The molecule has 3 aliphatic rings. The first-order valence-electron chi connectivity index (χ1n) is 8.44. The summed E-state index contributed by atoms with van der Waals surface area (Å²) >= 11 is 0. The van der Waals surface area contributed by atoms with E-state index in [-0.39, 0.29) is 28.9 Å². The van der Waals surface area contributed by atoms with Crippen LogP contribution in [0.2, 0.25) is 0 Å². The summed E-state index contributed by atoms with van der Waals surface area (Å²) in [6, 6.07) is 3.88. The van der Waals surface area contributed by atoms with Crippen LogP contribution in [0.5, 0.6) is 0 Å². The number of rotatable bonds is 1. The summed E-state index contributed by atoms with van der Waals surface area (Å²) in [6.45, 7) is 0. The minimum Gasteiger partial charge on any atom is -0.423 e. The van der Waals surface area contributed by atoms with Crippen molar-refractivity contribution >= 4 is 28.5 Å². The third-order valence-corrected chi connectivity index (χ3v) is 5.58. The lowest BCUT2D eigenvalue weighted by Crippen LogP contribution is -2.34. The van der Waals surface area contributed by atoms with Crippen LogP contribution < -0.4 is 10.5 Å². The average Bonchev–Trinajstić information content (AvgIpc) is 3.26. The van der Waals surface area contributed by atoms with Crippen molar-refractivity contribution in [1.82, 2.24) is 0 Å². The van der Waals surface area contributed by atoms with Gasteiger partial charge in [-0.3, -0.25) is 9.59 Å². The number of ether oxygens (including phenoxy) is 1. The molecule has 2 aromatic rings. The van der Waals surface area contributed by atoms with Gasteiger partial charge in [0.1, 0.15) is 5.58 Å². The van der Waals surface area contributed by atoms with Crippen molar-refractivity contribution in [3.8, 4) is 0 Å². The summed E-state index contributed by atoms with van der Waals surface area (Å²) in [5.74, 6) is -1.96. The van der Waals surface area contributed by atoms with E-state index in [0.717, 1.165) is 17.0 Å². The van der Waals surface area contributed by atoms with E-state index in [9.17, 15) is 27.6 Å². The second-order valence-corrected chi connectivity index (χ2v) is 7.01. The molecule has 0 spiro atoms. The quantitative estimate of drug-likeness (QED) is 0.562. The summed E-state index contributed by atoms with van der Waals surface area (Å²) in [7, 11) is 0. The number of alkyl halides is 3. The van der Waals surface area contributed by atoms with Gasteiger partial charge in [-0.1, -0.05) is 0 Å². The monoisotopic (exact) mass is 379 g/mol. The molecule has 1 aromatic heterocycles. The summed E-state index contributed by atoms with van der Waals surface area (Å²) < 4.78 is 50.0. The maximum absolute atomic E-state index is 13.2. The first kappa shape index (κ1) is 16.5. The van der Waals surface area contributed by atoms with Crippen LogP contribution in [0.3, 0.4) is 0 Å². The zero-order chi connectivity index (χ0) is 19.1. The van der Waals surface area contributed by atoms with Crippen LogP contribution >= 0.6 is 0 Å². The van der Waals surface area contributed by atoms with Crippen LogP contribution in [0, 0.1) is 11.8 Å². The standard InChI is InChI=1S/C18H12F3NO5/c19-18(20,21)9-6-13(23)27-12-5-7(1-2-8(9)12)22-16(24)14-10-3-4-11(26-10)15(14)17(22)25/h1-2,5-6,10-11,14-15H,3-4H2. The summed E-state index contributed by atoms with van der Waals surface area (Å²) in [4.78, 5) is 38.0. The SMILES string of the molecule is O=C1C2C3CCC(O3)C2C(=O)N1c1ccc2c(C(F)(F)F)cc(=O)oc2c1. The van der Waals surface area contributed by atoms with Crippen LogP contribution in [0.15, 0.2) is 33.5 Å². The summed E-state index contributed by atoms with van der Waals surface area (Å²) in [6.07, 6.45) is -3.91. The minimum atomic E-state index is -4.73. The van der Waals surface area contributed by atoms with Crippen molar-refractivity contribution < 1.29 is 31.9 Å². The fourth-order valence-electron chi connectivity index (χ4n) is 4.49. The second-order valence-electron chi connectivity index (χ2n) is 7.01. The van der Waals surface area contributed by atoms with Crippen LogP contribution in [0.4, 0.5) is 18.9 Å². The van der Waals surface area contributed by atoms with Gasteiger partial charge in [-0.25, -0.2) is 9.69 Å². The molecule has 2 amide bonds. The summed E-state index contributed by atoms with van der Waals surface area (Å²) in [5, 5.41) is -0.312. The average molecular weight is 379 g/mol. The van der Waals surface area contributed by atoms with E-state index in [1.54, 1.807) is 0 Å². The molecule has 0 radical (unpaired) electrons. The van der Waals surface area contributed by atoms with E-state index in [2.05, 4.69) is 0 Å². The topological polar surface area (TPSA) is 76.8 Å². The van der Waals surface area contributed by atoms with Gasteiger partial charge < -0.3 is 9.15 Å². The van der Waals surface area contributed by atoms with E-state index in [1.807, 2.05) is 0 Å². The molecular weight excluding hydrogens is 367 g/mol. The predicted molar refractivity (Wildman–Crippen MR) is 84.9 cm³/mol. The molecule has 4 heterocycles. The molecule has 0 N–H and O–H groups in total. The summed E-state index contributed by atoms with van der Waals surface area (Å²) in [5.41, 5.74) is -2.52. The molecule has 3 aliphatic heterocycles. The largest absolute Gasteiger partial charge is 0.423 e. The lowest BCUT2D eigenvalue weighted by atomic mass is 9.81. The fraction of sp³-hybridized carbons (Fsp3) is 0.389. The third kappa shape index (κ3) is 2.21.